The van der Waals surface area contributed by atoms with Crippen LogP contribution >= 0.6 is 0 Å². The molecular weight excluding hydrogens is 520 g/mol. The normalized spacial score (nSPS) is 14.7. The number of rotatable bonds is 10. The highest BCUT2D eigenvalue weighted by atomic mass is 16.5. The van der Waals surface area contributed by atoms with Crippen LogP contribution in [0.25, 0.3) is 0 Å². The van der Waals surface area contributed by atoms with E-state index in [4.69, 9.17) is 25.0 Å². The molecule has 1 amide bonds. The van der Waals surface area contributed by atoms with E-state index in [9.17, 15) is 4.79 Å². The maximum atomic E-state index is 13.0. The standard InChI is InChI=1S/C30H40N8O3/c1-7-32-22-10-11-26(38-14-12-37(13-15-38)16-17-40-6)35-27(22)28(31)33-23-18-21(9-8-20(23)2)29(39)34-25-19-24(41-36-25)30(3,4)5/h7-11,18-19,32H,1,12-17H2,2-6H3,(H2,31,33)(H,34,36,39). The first-order chi connectivity index (χ1) is 19.6. The number of benzene rings is 1. The lowest BCUT2D eigenvalue weighted by molar-refractivity contribution is 0.102. The first kappa shape index (κ1) is 29.8. The molecule has 41 heavy (non-hydrogen) atoms. The molecule has 0 bridgehead atoms. The molecular formula is C30H40N8O3. The Morgan fingerprint density at radius 3 is 2.61 bits per heavy atom. The van der Waals surface area contributed by atoms with Crippen molar-refractivity contribution >= 4 is 34.8 Å². The molecule has 0 atom stereocenters. The van der Waals surface area contributed by atoms with Gasteiger partial charge in [0.25, 0.3) is 5.91 Å². The number of anilines is 3. The van der Waals surface area contributed by atoms with Crippen molar-refractivity contribution in [1.82, 2.24) is 15.0 Å². The minimum atomic E-state index is -0.326. The van der Waals surface area contributed by atoms with Crippen molar-refractivity contribution in [1.29, 1.82) is 0 Å². The van der Waals surface area contributed by atoms with Gasteiger partial charge in [-0.15, -0.1) is 0 Å². The van der Waals surface area contributed by atoms with Crippen molar-refractivity contribution in [3.63, 3.8) is 0 Å². The second-order valence-electron chi connectivity index (χ2n) is 11.0. The summed E-state index contributed by atoms with van der Waals surface area (Å²) in [6.45, 7) is 16.9. The molecule has 1 aliphatic rings. The molecule has 0 aliphatic carbocycles. The van der Waals surface area contributed by atoms with Crippen molar-refractivity contribution in [3.8, 4) is 0 Å². The maximum absolute atomic E-state index is 13.0. The van der Waals surface area contributed by atoms with Crippen LogP contribution in [0, 0.1) is 6.92 Å². The van der Waals surface area contributed by atoms with Crippen molar-refractivity contribution in [2.24, 2.45) is 10.7 Å². The largest absolute Gasteiger partial charge is 0.383 e. The molecule has 1 saturated heterocycles. The number of carbonyl (C=O) groups is 1. The van der Waals surface area contributed by atoms with Crippen LogP contribution in [0.1, 0.15) is 48.1 Å². The molecule has 0 saturated carbocycles. The van der Waals surface area contributed by atoms with E-state index in [1.165, 1.54) is 0 Å². The maximum Gasteiger partial charge on any atom is 0.256 e. The number of hydrogen-bond acceptors (Lipinski definition) is 9. The first-order valence-corrected chi connectivity index (χ1v) is 13.7. The molecule has 2 aromatic heterocycles. The second kappa shape index (κ2) is 13.0. The van der Waals surface area contributed by atoms with Crippen molar-refractivity contribution in [2.45, 2.75) is 33.1 Å². The zero-order valence-electron chi connectivity index (χ0n) is 24.5. The van der Waals surface area contributed by atoms with Gasteiger partial charge in [-0.3, -0.25) is 9.69 Å². The lowest BCUT2D eigenvalue weighted by Crippen LogP contribution is -2.47. The summed E-state index contributed by atoms with van der Waals surface area (Å²) in [5.41, 5.74) is 9.37. The Kier molecular flexibility index (Phi) is 9.41. The van der Waals surface area contributed by atoms with E-state index in [0.29, 0.717) is 34.2 Å². The predicted molar refractivity (Wildman–Crippen MR) is 163 cm³/mol. The summed E-state index contributed by atoms with van der Waals surface area (Å²) in [6.07, 6.45) is 1.58. The van der Waals surface area contributed by atoms with E-state index in [1.54, 1.807) is 31.5 Å². The summed E-state index contributed by atoms with van der Waals surface area (Å²) in [5, 5.41) is 9.88. The van der Waals surface area contributed by atoms with Crippen LogP contribution in [0.15, 0.2) is 58.7 Å². The first-order valence-electron chi connectivity index (χ1n) is 13.7. The number of aromatic nitrogens is 2. The molecule has 1 aliphatic heterocycles. The van der Waals surface area contributed by atoms with Crippen LogP contribution in [0.5, 0.6) is 0 Å². The minimum absolute atomic E-state index is 0.220. The van der Waals surface area contributed by atoms with E-state index in [2.05, 4.69) is 32.2 Å². The highest BCUT2D eigenvalue weighted by Crippen LogP contribution is 2.27. The van der Waals surface area contributed by atoms with Crippen LogP contribution in [0.2, 0.25) is 0 Å². The van der Waals surface area contributed by atoms with E-state index < -0.39 is 0 Å². The van der Waals surface area contributed by atoms with E-state index in [-0.39, 0.29) is 17.2 Å². The fourth-order valence-electron chi connectivity index (χ4n) is 4.40. The number of methoxy groups -OCH3 is 1. The third-order valence-corrected chi connectivity index (χ3v) is 6.89. The number of nitrogens with two attached hydrogens (primary N) is 1. The summed E-state index contributed by atoms with van der Waals surface area (Å²) in [6, 6.07) is 10.9. The molecule has 1 aromatic carbocycles. The summed E-state index contributed by atoms with van der Waals surface area (Å²) < 4.78 is 10.6. The Morgan fingerprint density at radius 2 is 1.95 bits per heavy atom. The monoisotopic (exact) mass is 560 g/mol. The van der Waals surface area contributed by atoms with Gasteiger partial charge in [0.2, 0.25) is 0 Å². The van der Waals surface area contributed by atoms with Crippen LogP contribution in [-0.2, 0) is 10.2 Å². The van der Waals surface area contributed by atoms with Crippen LogP contribution in [0.3, 0.4) is 0 Å². The number of nitrogens with one attached hydrogen (secondary N) is 2. The number of nitrogens with zero attached hydrogens (tertiary/aromatic N) is 5. The Bertz CT molecular complexity index is 1400. The Labute approximate surface area is 241 Å². The minimum Gasteiger partial charge on any atom is -0.383 e. The van der Waals surface area contributed by atoms with Crippen LogP contribution in [-0.4, -0.2) is 73.2 Å². The SMILES string of the molecule is C=CNc1ccc(N2CCN(CCOC)CC2)nc1C(N)=Nc1cc(C(=O)Nc2cc(C(C)(C)C)on2)ccc1C. The zero-order chi connectivity index (χ0) is 29.6. The number of carbonyl (C=O) groups excluding carboxylic acids is 1. The van der Waals surface area contributed by atoms with Gasteiger partial charge in [-0.2, -0.15) is 0 Å². The predicted octanol–water partition coefficient (Wildman–Crippen LogP) is 4.29. The molecule has 11 heteroatoms. The second-order valence-corrected chi connectivity index (χ2v) is 11.0. The van der Waals surface area contributed by atoms with E-state index in [0.717, 1.165) is 50.7 Å². The third-order valence-electron chi connectivity index (χ3n) is 6.89. The quantitative estimate of drug-likeness (QED) is 0.245. The van der Waals surface area contributed by atoms with Gasteiger partial charge < -0.3 is 30.5 Å². The molecule has 3 heterocycles. The zero-order valence-corrected chi connectivity index (χ0v) is 24.5. The van der Waals surface area contributed by atoms with Crippen molar-refractivity contribution in [2.75, 3.05) is 62.0 Å². The van der Waals surface area contributed by atoms with Gasteiger partial charge in [0.05, 0.1) is 18.0 Å². The summed E-state index contributed by atoms with van der Waals surface area (Å²) in [7, 11) is 1.72. The lowest BCUT2D eigenvalue weighted by Gasteiger charge is -2.35. The smallest absolute Gasteiger partial charge is 0.256 e. The average Bonchev–Trinajstić information content (AvgIpc) is 3.43. The van der Waals surface area contributed by atoms with Gasteiger partial charge in [0.15, 0.2) is 11.7 Å². The number of pyridine rings is 1. The molecule has 218 valence electrons. The molecule has 0 radical (unpaired) electrons. The van der Waals surface area contributed by atoms with Crippen LogP contribution in [0.4, 0.5) is 23.0 Å². The fraction of sp³-hybridized carbons (Fsp3) is 0.400. The Morgan fingerprint density at radius 1 is 1.20 bits per heavy atom. The topological polar surface area (TPSA) is 134 Å². The Hall–Kier alpha value is -4.22. The molecule has 4 N–H and O–H groups in total. The van der Waals surface area contributed by atoms with Gasteiger partial charge in [0.1, 0.15) is 17.3 Å². The van der Waals surface area contributed by atoms with Crippen LogP contribution < -0.4 is 21.3 Å². The molecule has 4 rings (SSSR count). The van der Waals surface area contributed by atoms with E-state index >= 15 is 0 Å². The summed E-state index contributed by atoms with van der Waals surface area (Å²) in [4.78, 5) is 27.2. The number of amidine groups is 1. The lowest BCUT2D eigenvalue weighted by atomic mass is 9.93. The highest BCUT2D eigenvalue weighted by Gasteiger charge is 2.22. The van der Waals surface area contributed by atoms with Gasteiger partial charge >= 0.3 is 0 Å². The number of piperazine rings is 1. The fourth-order valence-corrected chi connectivity index (χ4v) is 4.40. The van der Waals surface area contributed by atoms with Gasteiger partial charge in [-0.05, 0) is 43.0 Å². The summed E-state index contributed by atoms with van der Waals surface area (Å²) >= 11 is 0. The molecule has 1 fully saturated rings. The molecule has 0 spiro atoms. The Balaban J connectivity index is 1.56. The average molecular weight is 561 g/mol. The molecule has 11 nitrogen and oxygen atoms in total. The summed E-state index contributed by atoms with van der Waals surface area (Å²) in [5.74, 6) is 1.76. The van der Waals surface area contributed by atoms with Crippen molar-refractivity contribution < 1.29 is 14.1 Å². The van der Waals surface area contributed by atoms with E-state index in [1.807, 2.05) is 45.9 Å². The van der Waals surface area contributed by atoms with Gasteiger partial charge in [-0.25, -0.2) is 9.98 Å². The molecule has 0 unspecified atom stereocenters. The number of ether oxygens (including phenoxy) is 1. The van der Waals surface area contributed by atoms with Gasteiger partial charge in [-0.1, -0.05) is 38.6 Å². The number of aryl methyl sites for hydroxylation is 1. The van der Waals surface area contributed by atoms with Crippen molar-refractivity contribution in [3.05, 3.63) is 71.8 Å². The highest BCUT2D eigenvalue weighted by molar-refractivity contribution is 6.05. The molecule has 3 aromatic rings. The number of aliphatic imine (C=N–C) groups is 1. The van der Waals surface area contributed by atoms with Gasteiger partial charge in [0, 0.05) is 56.9 Å². The number of hydrogen-bond donors (Lipinski definition) is 3. The third kappa shape index (κ3) is 7.50. The number of amides is 1.